The zero-order valence-corrected chi connectivity index (χ0v) is 7.81. The van der Waals surface area contributed by atoms with Gasteiger partial charge in [-0.25, -0.2) is 13.6 Å². The quantitative estimate of drug-likeness (QED) is 0.765. The predicted molar refractivity (Wildman–Crippen MR) is 47.5 cm³/mol. The normalized spacial score (nSPS) is 10.6. The summed E-state index contributed by atoms with van der Waals surface area (Å²) in [5.41, 5.74) is -0.132. The Bertz CT molecular complexity index is 564. The van der Waals surface area contributed by atoms with Crippen LogP contribution in [0.1, 0.15) is 0 Å². The molecule has 0 saturated heterocycles. The second kappa shape index (κ2) is 3.47. The summed E-state index contributed by atoms with van der Waals surface area (Å²) in [5.74, 6) is -2.74. The van der Waals surface area contributed by atoms with Crippen LogP contribution in [0, 0.1) is 11.6 Å². The fourth-order valence-corrected chi connectivity index (χ4v) is 1.21. The largest absolute Gasteiger partial charge is 0.439 e. The maximum atomic E-state index is 13.2. The first-order chi connectivity index (χ1) is 7.08. The molecule has 0 aliphatic heterocycles. The summed E-state index contributed by atoms with van der Waals surface area (Å²) in [5, 5.41) is 2.99. The predicted octanol–water partition coefficient (Wildman–Crippen LogP) is 1.96. The highest BCUT2D eigenvalue weighted by Gasteiger charge is 2.13. The summed E-state index contributed by atoms with van der Waals surface area (Å²) in [7, 11) is 0. The van der Waals surface area contributed by atoms with Crippen molar-refractivity contribution in [1.29, 1.82) is 0 Å². The van der Waals surface area contributed by atoms with Crippen LogP contribution in [-0.2, 0) is 0 Å². The van der Waals surface area contributed by atoms with Crippen molar-refractivity contribution in [3.63, 3.8) is 0 Å². The Morgan fingerprint density at radius 1 is 1.33 bits per heavy atom. The molecule has 4 nitrogen and oxygen atoms in total. The second-order valence-corrected chi connectivity index (χ2v) is 3.10. The van der Waals surface area contributed by atoms with E-state index in [9.17, 15) is 13.6 Å². The molecule has 1 N–H and O–H groups in total. The van der Waals surface area contributed by atoms with Crippen molar-refractivity contribution >= 4 is 11.6 Å². The van der Waals surface area contributed by atoms with E-state index in [4.69, 9.17) is 11.6 Å². The van der Waals surface area contributed by atoms with Crippen LogP contribution < -0.4 is 5.76 Å². The van der Waals surface area contributed by atoms with Gasteiger partial charge in [-0.3, -0.25) is 9.51 Å². The van der Waals surface area contributed by atoms with Gasteiger partial charge in [0.25, 0.3) is 0 Å². The third-order valence-electron chi connectivity index (χ3n) is 1.71. The number of nitrogens with one attached hydrogen (secondary N) is 1. The number of halogens is 3. The van der Waals surface area contributed by atoms with Gasteiger partial charge in [-0.15, -0.1) is 0 Å². The number of benzene rings is 1. The van der Waals surface area contributed by atoms with E-state index in [2.05, 4.69) is 14.7 Å². The van der Waals surface area contributed by atoms with Crippen LogP contribution >= 0.6 is 11.6 Å². The van der Waals surface area contributed by atoms with E-state index in [0.717, 1.165) is 6.07 Å². The molecule has 1 aromatic heterocycles. The Morgan fingerprint density at radius 2 is 2.07 bits per heavy atom. The molecule has 2 aromatic rings. The molecular formula is C8H3ClF2N2O2. The van der Waals surface area contributed by atoms with Crippen molar-refractivity contribution < 1.29 is 13.3 Å². The third-order valence-corrected chi connectivity index (χ3v) is 2.00. The van der Waals surface area contributed by atoms with Gasteiger partial charge in [0.2, 0.25) is 0 Å². The molecule has 1 aromatic carbocycles. The first kappa shape index (κ1) is 9.85. The lowest BCUT2D eigenvalue weighted by molar-refractivity contribution is 0.387. The van der Waals surface area contributed by atoms with Crippen LogP contribution in [-0.4, -0.2) is 10.1 Å². The molecule has 1 heterocycles. The number of rotatable bonds is 1. The van der Waals surface area contributed by atoms with Crippen LogP contribution in [0.4, 0.5) is 8.78 Å². The highest BCUT2D eigenvalue weighted by atomic mass is 35.5. The van der Waals surface area contributed by atoms with Crippen molar-refractivity contribution in [3.8, 4) is 11.4 Å². The van der Waals surface area contributed by atoms with Gasteiger partial charge < -0.3 is 0 Å². The molecule has 0 fully saturated rings. The van der Waals surface area contributed by atoms with Gasteiger partial charge in [-0.05, 0) is 6.07 Å². The van der Waals surface area contributed by atoms with Crippen molar-refractivity contribution in [2.45, 2.75) is 0 Å². The first-order valence-corrected chi connectivity index (χ1v) is 4.16. The zero-order valence-electron chi connectivity index (χ0n) is 7.05. The lowest BCUT2D eigenvalue weighted by atomic mass is 10.2. The standard InChI is InChI=1S/C8H3ClF2N2O2/c9-4-1-3(5(10)2-6(4)11)7-12-8(14)15-13-7/h1-2H,(H,12,13,14). The van der Waals surface area contributed by atoms with E-state index in [1.165, 1.54) is 0 Å². The smallest absolute Gasteiger partial charge is 0.296 e. The van der Waals surface area contributed by atoms with Gasteiger partial charge in [0, 0.05) is 6.07 Å². The highest BCUT2D eigenvalue weighted by Crippen LogP contribution is 2.25. The molecule has 0 aliphatic carbocycles. The van der Waals surface area contributed by atoms with Crippen LogP contribution in [0.15, 0.2) is 21.5 Å². The lowest BCUT2D eigenvalue weighted by Gasteiger charge is -1.99. The van der Waals surface area contributed by atoms with Gasteiger partial charge in [0.1, 0.15) is 11.6 Å². The van der Waals surface area contributed by atoms with Crippen molar-refractivity contribution in [3.05, 3.63) is 39.3 Å². The van der Waals surface area contributed by atoms with Crippen molar-refractivity contribution in [2.75, 3.05) is 0 Å². The number of H-pyrrole nitrogens is 1. The van der Waals surface area contributed by atoms with Gasteiger partial charge in [0.15, 0.2) is 5.82 Å². The third kappa shape index (κ3) is 1.75. The minimum atomic E-state index is -0.888. The molecule has 78 valence electrons. The molecule has 0 atom stereocenters. The molecule has 0 aliphatic rings. The number of aromatic amines is 1. The molecule has 0 bridgehead atoms. The van der Waals surface area contributed by atoms with Gasteiger partial charge in [-0.1, -0.05) is 16.8 Å². The van der Waals surface area contributed by atoms with Gasteiger partial charge in [0.05, 0.1) is 10.6 Å². The number of nitrogens with zero attached hydrogens (tertiary/aromatic N) is 1. The SMILES string of the molecule is O=c1[nH]c(-c2cc(Cl)c(F)cc2F)no1. The summed E-state index contributed by atoms with van der Waals surface area (Å²) in [4.78, 5) is 12.7. The van der Waals surface area contributed by atoms with Crippen LogP contribution in [0.25, 0.3) is 11.4 Å². The molecule has 0 unspecified atom stereocenters. The fourth-order valence-electron chi connectivity index (χ4n) is 1.05. The van der Waals surface area contributed by atoms with E-state index in [0.29, 0.717) is 6.07 Å². The highest BCUT2D eigenvalue weighted by molar-refractivity contribution is 6.31. The minimum Gasteiger partial charge on any atom is -0.296 e. The van der Waals surface area contributed by atoms with Crippen LogP contribution in [0.2, 0.25) is 5.02 Å². The Morgan fingerprint density at radius 3 is 2.67 bits per heavy atom. The second-order valence-electron chi connectivity index (χ2n) is 2.69. The topological polar surface area (TPSA) is 58.9 Å². The monoisotopic (exact) mass is 232 g/mol. The number of aromatic nitrogens is 2. The fraction of sp³-hybridized carbons (Fsp3) is 0. The summed E-state index contributed by atoms with van der Waals surface area (Å²) >= 11 is 5.45. The van der Waals surface area contributed by atoms with Gasteiger partial charge in [-0.2, -0.15) is 0 Å². The van der Waals surface area contributed by atoms with Crippen molar-refractivity contribution in [1.82, 2.24) is 10.1 Å². The molecule has 0 saturated carbocycles. The summed E-state index contributed by atoms with van der Waals surface area (Å²) in [6.45, 7) is 0. The van der Waals surface area contributed by atoms with E-state index in [1.54, 1.807) is 0 Å². The Kier molecular flexibility index (Phi) is 2.28. The molecule has 0 amide bonds. The zero-order chi connectivity index (χ0) is 11.0. The van der Waals surface area contributed by atoms with E-state index >= 15 is 0 Å². The van der Waals surface area contributed by atoms with E-state index in [-0.39, 0.29) is 16.4 Å². The summed E-state index contributed by atoms with van der Waals surface area (Å²) in [6, 6.07) is 1.62. The Balaban J connectivity index is 2.63. The molecular weight excluding hydrogens is 230 g/mol. The van der Waals surface area contributed by atoms with Crippen molar-refractivity contribution in [2.24, 2.45) is 0 Å². The average Bonchev–Trinajstić information content (AvgIpc) is 2.58. The Hall–Kier alpha value is -1.69. The van der Waals surface area contributed by atoms with E-state index in [1.807, 2.05) is 0 Å². The molecule has 2 rings (SSSR count). The molecule has 15 heavy (non-hydrogen) atoms. The minimum absolute atomic E-state index is 0.132. The first-order valence-electron chi connectivity index (χ1n) is 3.79. The van der Waals surface area contributed by atoms with Crippen LogP contribution in [0.3, 0.4) is 0 Å². The summed E-state index contributed by atoms with van der Waals surface area (Å²) < 4.78 is 30.2. The number of hydrogen-bond donors (Lipinski definition) is 1. The summed E-state index contributed by atoms with van der Waals surface area (Å²) in [6.07, 6.45) is 0. The molecule has 7 heteroatoms. The molecule has 0 spiro atoms. The van der Waals surface area contributed by atoms with Crippen LogP contribution in [0.5, 0.6) is 0 Å². The lowest BCUT2D eigenvalue weighted by Crippen LogP contribution is -1.96. The maximum Gasteiger partial charge on any atom is 0.439 e. The number of hydrogen-bond acceptors (Lipinski definition) is 3. The maximum absolute atomic E-state index is 13.2. The van der Waals surface area contributed by atoms with Gasteiger partial charge >= 0.3 is 5.76 Å². The molecule has 0 radical (unpaired) electrons. The van der Waals surface area contributed by atoms with E-state index < -0.39 is 17.4 Å². The average molecular weight is 233 g/mol. The Labute approximate surface area is 86.5 Å².